The Hall–Kier alpha value is -1.76. The molecule has 4 rings (SSSR count). The largest absolute Gasteiger partial charge is 2.00 e. The molecule has 0 radical (unpaired) electrons. The van der Waals surface area contributed by atoms with Crippen molar-refractivity contribution in [1.82, 2.24) is 19.9 Å². The molecule has 210 valence electrons. The molecule has 0 spiro atoms. The van der Waals surface area contributed by atoms with Gasteiger partial charge in [-0.25, -0.2) is 38.1 Å². The molecule has 2 aromatic heterocycles. The molecule has 0 fully saturated rings. The number of rotatable bonds is 5. The van der Waals surface area contributed by atoms with Crippen molar-refractivity contribution in [3.05, 3.63) is 108 Å². The van der Waals surface area contributed by atoms with Gasteiger partial charge >= 0.3 is 17.1 Å². The third-order valence-corrected chi connectivity index (χ3v) is 11.3. The summed E-state index contributed by atoms with van der Waals surface area (Å²) in [4.78, 5) is 18.7. The molecule has 0 aliphatic heterocycles. The second-order valence-electron chi connectivity index (χ2n) is 12.8. The fourth-order valence-electron chi connectivity index (χ4n) is 4.80. The van der Waals surface area contributed by atoms with Crippen molar-refractivity contribution in [1.29, 1.82) is 0 Å². The van der Waals surface area contributed by atoms with Gasteiger partial charge in [0.15, 0.2) is 0 Å². The Morgan fingerprint density at radius 1 is 0.718 bits per heavy atom. The van der Waals surface area contributed by atoms with Gasteiger partial charge in [0.2, 0.25) is 0 Å². The maximum absolute atomic E-state index is 4.69. The maximum Gasteiger partial charge on any atom is 2.00 e. The first kappa shape index (κ1) is 33.4. The van der Waals surface area contributed by atoms with Crippen molar-refractivity contribution in [3.8, 4) is 0 Å². The summed E-state index contributed by atoms with van der Waals surface area (Å²) >= 11 is 0. The van der Waals surface area contributed by atoms with Crippen LogP contribution in [-0.2, 0) is 33.8 Å². The van der Waals surface area contributed by atoms with Gasteiger partial charge in [0, 0.05) is 24.8 Å². The summed E-state index contributed by atoms with van der Waals surface area (Å²) in [6, 6.07) is 18.5. The van der Waals surface area contributed by atoms with E-state index in [4.69, 9.17) is 0 Å². The molecule has 0 bridgehead atoms. The van der Waals surface area contributed by atoms with E-state index < -0.39 is 5.16 Å². The summed E-state index contributed by atoms with van der Waals surface area (Å²) in [5.74, 6) is 1.40. The molecule has 1 atom stereocenters. The second-order valence-corrected chi connectivity index (χ2v) is 17.5. The van der Waals surface area contributed by atoms with E-state index in [1.807, 2.05) is 42.5 Å². The summed E-state index contributed by atoms with van der Waals surface area (Å²) in [7, 11) is 2.69. The van der Waals surface area contributed by atoms with Gasteiger partial charge < -0.3 is 0 Å². The van der Waals surface area contributed by atoms with E-state index in [1.165, 1.54) is 16.7 Å². The molecule has 0 amide bonds. The molecular weight excluding hydrogens is 558 g/mol. The van der Waals surface area contributed by atoms with Gasteiger partial charge in [-0.3, -0.25) is 0 Å². The minimum absolute atomic E-state index is 0. The van der Waals surface area contributed by atoms with Gasteiger partial charge in [-0.15, -0.1) is 22.7 Å². The molecule has 39 heavy (non-hydrogen) atoms. The molecule has 0 saturated carbocycles. The molecule has 7 heteroatoms. The summed E-state index contributed by atoms with van der Waals surface area (Å²) in [5, 5.41) is -0.280. The van der Waals surface area contributed by atoms with E-state index in [0.717, 1.165) is 6.16 Å². The van der Waals surface area contributed by atoms with Crippen LogP contribution >= 0.6 is 17.2 Å². The predicted molar refractivity (Wildman–Crippen MR) is 167 cm³/mol. The molecule has 1 unspecified atom stereocenters. The Morgan fingerprint density at radius 3 is 1.49 bits per heavy atom. The van der Waals surface area contributed by atoms with Gasteiger partial charge in [-0.05, 0) is 27.9 Å². The molecule has 4 nitrogen and oxygen atoms in total. The van der Waals surface area contributed by atoms with Crippen LogP contribution < -0.4 is 0 Å². The Labute approximate surface area is 250 Å². The molecule has 0 N–H and O–H groups in total. The predicted octanol–water partition coefficient (Wildman–Crippen LogP) is 8.43. The monoisotopic (exact) mass is 602 g/mol. The second kappa shape index (κ2) is 13.3. The third kappa shape index (κ3) is 8.37. The van der Waals surface area contributed by atoms with Gasteiger partial charge in [-0.1, -0.05) is 68.5 Å². The van der Waals surface area contributed by atoms with Crippen LogP contribution in [0.5, 0.6) is 0 Å². The van der Waals surface area contributed by atoms with Gasteiger partial charge in [-0.2, -0.15) is 35.4 Å². The first-order valence-electron chi connectivity index (χ1n) is 13.2. The van der Waals surface area contributed by atoms with E-state index in [2.05, 4.69) is 104 Å². The van der Waals surface area contributed by atoms with Gasteiger partial charge in [0.1, 0.15) is 16.8 Å². The fourth-order valence-corrected chi connectivity index (χ4v) is 8.93. The molecule has 2 aromatic carbocycles. The molecule has 0 saturated heterocycles. The Balaban J connectivity index is 0.000000797. The standard InChI is InChI=1S/C27H39N4P2.C5H5.Fe/c1-24(2,3)20-16-19(18-33(25(4,5)6)26(7,8)9)21(17-20)27(32,22-28-12-10-13-29-22)23-30-14-11-15-31-23;1-2-4-5-3-1;/h10-17H,18,32H2,1-9H3;1-5H;/q2*-1;+2. The Kier molecular flexibility index (Phi) is 11.4. The molecule has 0 aliphatic carbocycles. The zero-order valence-corrected chi connectivity index (χ0v) is 28.0. The minimum Gasteiger partial charge on any atom is -0.240 e. The summed E-state index contributed by atoms with van der Waals surface area (Å²) < 4.78 is 0. The molecule has 4 aromatic rings. The van der Waals surface area contributed by atoms with Crippen LogP contribution in [0.25, 0.3) is 0 Å². The topological polar surface area (TPSA) is 51.6 Å². The zero-order chi connectivity index (χ0) is 28.2. The van der Waals surface area contributed by atoms with Crippen molar-refractivity contribution in [3.63, 3.8) is 0 Å². The zero-order valence-electron chi connectivity index (χ0n) is 24.9. The first-order chi connectivity index (χ1) is 17.6. The molecule has 0 aliphatic rings. The fraction of sp³-hybridized carbons (Fsp3) is 0.438. The SMILES string of the molecule is CC(C)(C)c1cc(CP(C(C)(C)C)C(C)(C)C)c(C(P)(c2ncccn2)c2ncccn2)[cH-]1.[Fe+2].c1cc[cH-]c1. The summed E-state index contributed by atoms with van der Waals surface area (Å²) in [6.07, 6.45) is 8.23. The van der Waals surface area contributed by atoms with Gasteiger partial charge in [0.25, 0.3) is 0 Å². The molecule has 2 heterocycles. The number of hydrogen-bond acceptors (Lipinski definition) is 4. The first-order valence-corrected chi connectivity index (χ1v) is 15.3. The van der Waals surface area contributed by atoms with Crippen LogP contribution in [0, 0.1) is 0 Å². The number of nitrogens with zero attached hydrogens (tertiary/aromatic N) is 4. The van der Waals surface area contributed by atoms with E-state index in [9.17, 15) is 0 Å². The summed E-state index contributed by atoms with van der Waals surface area (Å²) in [5.41, 5.74) is 3.89. The van der Waals surface area contributed by atoms with Crippen molar-refractivity contribution in [2.45, 2.75) is 89.4 Å². The molecular formula is C32H44FeN4P2. The van der Waals surface area contributed by atoms with Crippen LogP contribution in [0.4, 0.5) is 0 Å². The van der Waals surface area contributed by atoms with Crippen LogP contribution in [0.1, 0.15) is 90.7 Å². The normalized spacial score (nSPS) is 12.5. The van der Waals surface area contributed by atoms with Crippen molar-refractivity contribution in [2.75, 3.05) is 0 Å². The van der Waals surface area contributed by atoms with Crippen molar-refractivity contribution < 1.29 is 17.1 Å². The average Bonchev–Trinajstić information content (AvgIpc) is 3.55. The van der Waals surface area contributed by atoms with Crippen molar-refractivity contribution in [2.24, 2.45) is 0 Å². The van der Waals surface area contributed by atoms with E-state index in [1.54, 1.807) is 24.8 Å². The summed E-state index contributed by atoms with van der Waals surface area (Å²) in [6.45, 7) is 21.1. The third-order valence-electron chi connectivity index (χ3n) is 6.61. The minimum atomic E-state index is -0.724. The number of hydrogen-bond donors (Lipinski definition) is 0. The quantitative estimate of drug-likeness (QED) is 0.131. The van der Waals surface area contributed by atoms with Gasteiger partial charge in [0.05, 0.1) is 0 Å². The Morgan fingerprint density at radius 2 is 1.15 bits per heavy atom. The van der Waals surface area contributed by atoms with Crippen LogP contribution in [0.3, 0.4) is 0 Å². The van der Waals surface area contributed by atoms with E-state index >= 15 is 0 Å². The van der Waals surface area contributed by atoms with Crippen LogP contribution in [-0.4, -0.2) is 30.2 Å². The van der Waals surface area contributed by atoms with E-state index in [-0.39, 0.29) is 40.7 Å². The average molecular weight is 603 g/mol. The smallest absolute Gasteiger partial charge is 0.240 e. The van der Waals surface area contributed by atoms with Crippen molar-refractivity contribution >= 4 is 17.2 Å². The number of aromatic nitrogens is 4. The van der Waals surface area contributed by atoms with E-state index in [0.29, 0.717) is 11.6 Å². The van der Waals surface area contributed by atoms with Crippen LogP contribution in [0.15, 0.2) is 79.4 Å². The Bertz CT molecular complexity index is 1180. The maximum atomic E-state index is 4.69. The van der Waals surface area contributed by atoms with Crippen LogP contribution in [0.2, 0.25) is 0 Å².